The quantitative estimate of drug-likeness (QED) is 0.116. The van der Waals surface area contributed by atoms with Crippen molar-refractivity contribution in [1.29, 1.82) is 0 Å². The number of amides is 3. The van der Waals surface area contributed by atoms with E-state index in [2.05, 4.69) is 12.2 Å². The Morgan fingerprint density at radius 2 is 1.61 bits per heavy atom. The van der Waals surface area contributed by atoms with Gasteiger partial charge in [-0.1, -0.05) is 20.8 Å². The van der Waals surface area contributed by atoms with Crippen LogP contribution in [0.15, 0.2) is 11.1 Å². The summed E-state index contributed by atoms with van der Waals surface area (Å²) in [5.41, 5.74) is -0.940. The maximum Gasteiger partial charge on any atom is 0.334 e. The normalized spacial score (nSPS) is 45.3. The topological polar surface area (TPSA) is 250 Å². The van der Waals surface area contributed by atoms with Gasteiger partial charge in [-0.05, 0) is 36.7 Å². The Kier molecular flexibility index (Phi) is 8.99. The molecule has 9 aliphatic rings. The zero-order chi connectivity index (χ0) is 39.7. The Labute approximate surface area is 322 Å². The van der Waals surface area contributed by atoms with Gasteiger partial charge in [0, 0.05) is 56.4 Å². The Balaban J connectivity index is 0.774. The van der Waals surface area contributed by atoms with Crippen molar-refractivity contribution in [3.05, 3.63) is 11.1 Å². The number of carbonyl (C=O) groups is 5. The molecule has 0 bridgehead atoms. The van der Waals surface area contributed by atoms with Crippen LogP contribution < -0.4 is 5.32 Å². The van der Waals surface area contributed by atoms with Gasteiger partial charge in [0.15, 0.2) is 18.0 Å². The molecule has 5 N–H and O–H groups in total. The second-order valence-electron chi connectivity index (χ2n) is 17.5. The van der Waals surface area contributed by atoms with E-state index in [9.17, 15) is 44.4 Å². The third-order valence-corrected chi connectivity index (χ3v) is 14.6. The fourth-order valence-electron chi connectivity index (χ4n) is 11.5. The zero-order valence-electron chi connectivity index (χ0n) is 31.7. The molecule has 3 amide bonds. The summed E-state index contributed by atoms with van der Waals surface area (Å²) in [6.45, 7) is 6.92. The number of esters is 2. The Morgan fingerprint density at radius 1 is 0.929 bits per heavy atom. The van der Waals surface area contributed by atoms with E-state index >= 15 is 0 Å². The van der Waals surface area contributed by atoms with Crippen molar-refractivity contribution in [2.24, 2.45) is 17.3 Å². The van der Waals surface area contributed by atoms with Crippen LogP contribution in [-0.4, -0.2) is 171 Å². The number of carbonyl (C=O) groups excluding carboxylic acids is 5. The first-order valence-electron chi connectivity index (χ1n) is 19.9. The van der Waals surface area contributed by atoms with Crippen molar-refractivity contribution in [3.8, 4) is 0 Å². The molecule has 0 aromatic rings. The fraction of sp³-hybridized carbons (Fsp3) is 0.816. The molecule has 9 rings (SSSR count). The van der Waals surface area contributed by atoms with Crippen molar-refractivity contribution in [3.63, 3.8) is 0 Å². The molecule has 5 saturated heterocycles. The summed E-state index contributed by atoms with van der Waals surface area (Å²) >= 11 is 0. The number of rotatable bonds is 10. The van der Waals surface area contributed by atoms with Crippen LogP contribution in [0.1, 0.15) is 65.7 Å². The predicted molar refractivity (Wildman–Crippen MR) is 185 cm³/mol. The van der Waals surface area contributed by atoms with Crippen LogP contribution >= 0.6 is 0 Å². The van der Waals surface area contributed by atoms with Crippen LogP contribution in [-0.2, 0) is 52.4 Å². The Hall–Kier alpha value is -3.23. The summed E-state index contributed by atoms with van der Waals surface area (Å²) in [7, 11) is 0. The summed E-state index contributed by atoms with van der Waals surface area (Å²) < 4.78 is 36.8. The minimum Gasteiger partial charge on any atom is -0.458 e. The number of ether oxygens (including phenoxy) is 6. The first-order valence-corrected chi connectivity index (χ1v) is 19.9. The van der Waals surface area contributed by atoms with E-state index in [0.717, 1.165) is 17.6 Å². The number of aliphatic hydroxyl groups is 4. The molecule has 2 spiro atoms. The molecule has 2 saturated carbocycles. The van der Waals surface area contributed by atoms with E-state index in [-0.39, 0.29) is 112 Å². The smallest absolute Gasteiger partial charge is 0.334 e. The summed E-state index contributed by atoms with van der Waals surface area (Å²) in [5.74, 6) is -1.94. The van der Waals surface area contributed by atoms with E-state index in [1.807, 2.05) is 13.8 Å². The molecule has 0 radical (unpaired) electrons. The minimum absolute atomic E-state index is 0.00406. The lowest BCUT2D eigenvalue weighted by atomic mass is 9.46. The highest BCUT2D eigenvalue weighted by molar-refractivity contribution is 5.92. The lowest BCUT2D eigenvalue weighted by molar-refractivity contribution is -0.253. The summed E-state index contributed by atoms with van der Waals surface area (Å²) in [5, 5.41) is 42.0. The highest BCUT2D eigenvalue weighted by atomic mass is 16.8. The lowest BCUT2D eigenvalue weighted by Crippen LogP contribution is -2.70. The summed E-state index contributed by atoms with van der Waals surface area (Å²) in [4.78, 5) is 68.0. The number of fused-ring (bicyclic) bond motifs is 4. The number of epoxide rings is 3. The van der Waals surface area contributed by atoms with Gasteiger partial charge in [0.2, 0.25) is 17.7 Å². The second kappa shape index (κ2) is 13.1. The molecule has 0 aromatic heterocycles. The van der Waals surface area contributed by atoms with Gasteiger partial charge in [0.05, 0.1) is 19.1 Å². The van der Waals surface area contributed by atoms with Crippen molar-refractivity contribution in [2.45, 2.75) is 138 Å². The monoisotopic (exact) mass is 789 g/mol. The molecule has 2 unspecified atom stereocenters. The van der Waals surface area contributed by atoms with E-state index in [0.29, 0.717) is 12.8 Å². The molecule has 0 aromatic carbocycles. The van der Waals surface area contributed by atoms with Crippen LogP contribution in [0.3, 0.4) is 0 Å². The number of cyclic esters (lactones) is 1. The number of hydrogen-bond donors (Lipinski definition) is 5. The maximum absolute atomic E-state index is 13.7. The molecule has 14 atom stereocenters. The van der Waals surface area contributed by atoms with E-state index in [1.54, 1.807) is 9.80 Å². The number of nitrogens with one attached hydrogen (secondary N) is 1. The highest BCUT2D eigenvalue weighted by Crippen LogP contribution is 2.83. The summed E-state index contributed by atoms with van der Waals surface area (Å²) in [6.07, 6.45) is -6.11. The molecule has 3 aliphatic carbocycles. The largest absolute Gasteiger partial charge is 0.458 e. The number of aliphatic hydroxyl groups excluding tert-OH is 4. The molecule has 6 heterocycles. The minimum atomic E-state index is -1.66. The van der Waals surface area contributed by atoms with Crippen LogP contribution in [0.25, 0.3) is 0 Å². The highest BCUT2D eigenvalue weighted by Gasteiger charge is 3.01. The molecule has 18 heteroatoms. The molecule has 18 nitrogen and oxygen atoms in total. The molecule has 6 aliphatic heterocycles. The van der Waals surface area contributed by atoms with Crippen molar-refractivity contribution in [2.75, 3.05) is 39.4 Å². The van der Waals surface area contributed by atoms with Gasteiger partial charge < -0.3 is 64.0 Å². The number of hydrogen-bond acceptors (Lipinski definition) is 15. The van der Waals surface area contributed by atoms with Crippen LogP contribution in [0.5, 0.6) is 0 Å². The van der Waals surface area contributed by atoms with Crippen LogP contribution in [0, 0.1) is 17.3 Å². The molecule has 308 valence electrons. The van der Waals surface area contributed by atoms with Gasteiger partial charge in [-0.15, -0.1) is 0 Å². The zero-order valence-corrected chi connectivity index (χ0v) is 31.7. The first kappa shape index (κ1) is 38.3. The van der Waals surface area contributed by atoms with Crippen molar-refractivity contribution < 1.29 is 72.8 Å². The van der Waals surface area contributed by atoms with Gasteiger partial charge in [-0.3, -0.25) is 19.2 Å². The Bertz CT molecular complexity index is 1750. The van der Waals surface area contributed by atoms with Gasteiger partial charge in [-0.2, -0.15) is 0 Å². The number of piperazine rings is 1. The van der Waals surface area contributed by atoms with Gasteiger partial charge in [0.25, 0.3) is 0 Å². The van der Waals surface area contributed by atoms with Gasteiger partial charge >= 0.3 is 11.9 Å². The standard InChI is InChI=1S/C38H51N3O15/c1-17(2)36-30(55-36)31-38(56-31)35(3)9-8-18-19(16-51-32(18)49)20(35)14-22-37(38,54-22)34(36)53-26(46)7-6-25(45)41-12-10-40(11-13-41)24(44)5-4-23(43)39-27-29(48)28(47)21(15-42)52-33(27)50/h17,20-22,27-31,33-34,42,47-48,50H,4-16H2,1-3H3,(H,39,43)/t20?,21-,22-,27-,28-,29-,30-,31-,33?,34+,35-,36-,37+,38+/m0/s1. The summed E-state index contributed by atoms with van der Waals surface area (Å²) in [6, 6.07) is -1.35. The van der Waals surface area contributed by atoms with Crippen LogP contribution in [0.4, 0.5) is 0 Å². The van der Waals surface area contributed by atoms with Crippen molar-refractivity contribution >= 4 is 29.7 Å². The second-order valence-corrected chi connectivity index (χ2v) is 17.5. The lowest BCUT2D eigenvalue weighted by Gasteiger charge is -2.53. The SMILES string of the molecule is CC(C)[C@]12O[C@H]1[C@@H]1O[C@]13[C@]1(O[C@H]1CC1C4=C(CC[C@@]13C)C(=O)OC4)[C@@H]2OC(=O)CCC(=O)N1CCN(C(=O)CCC(=O)N[C@@H]2C(O)O[C@@H](CO)[C@H](O)[C@H]2O)CC1. The van der Waals surface area contributed by atoms with E-state index in [4.69, 9.17) is 28.4 Å². The molecule has 7 fully saturated rings. The van der Waals surface area contributed by atoms with E-state index < -0.39 is 72.0 Å². The first-order chi connectivity index (χ1) is 26.6. The third kappa shape index (κ3) is 5.25. The van der Waals surface area contributed by atoms with Crippen molar-refractivity contribution in [1.82, 2.24) is 15.1 Å². The maximum atomic E-state index is 13.7. The number of nitrogens with zero attached hydrogens (tertiary/aromatic N) is 2. The Morgan fingerprint density at radius 3 is 2.27 bits per heavy atom. The molecule has 56 heavy (non-hydrogen) atoms. The van der Waals surface area contributed by atoms with Gasteiger partial charge in [0.1, 0.15) is 54.4 Å². The van der Waals surface area contributed by atoms with Crippen LogP contribution in [0.2, 0.25) is 0 Å². The molecular weight excluding hydrogens is 738 g/mol. The third-order valence-electron chi connectivity index (χ3n) is 14.6. The average molecular weight is 790 g/mol. The average Bonchev–Trinajstić information content (AvgIpc) is 4.11. The van der Waals surface area contributed by atoms with Gasteiger partial charge in [-0.25, -0.2) is 4.79 Å². The predicted octanol–water partition coefficient (Wildman–Crippen LogP) is -2.20. The fourth-order valence-corrected chi connectivity index (χ4v) is 11.5. The van der Waals surface area contributed by atoms with E-state index in [1.165, 1.54) is 0 Å². The molecular formula is C38H51N3O15.